The standard InChI is InChI=1S/C16H17NO2/c1-2-3-4-9-14(16(18)19)13-10-5-7-12-8-6-11-17-15(12)13/h2-5,7,9-10,17H,1,6,8,11H2,(H,18,19). The molecule has 19 heavy (non-hydrogen) atoms. The fourth-order valence-electron chi connectivity index (χ4n) is 2.24. The molecular weight excluding hydrogens is 238 g/mol. The van der Waals surface area contributed by atoms with Crippen LogP contribution in [0.5, 0.6) is 0 Å². The maximum atomic E-state index is 11.4. The van der Waals surface area contributed by atoms with Crippen LogP contribution in [0.25, 0.3) is 5.57 Å². The van der Waals surface area contributed by atoms with Crippen LogP contribution in [0.4, 0.5) is 5.69 Å². The highest BCUT2D eigenvalue weighted by atomic mass is 16.4. The van der Waals surface area contributed by atoms with Gasteiger partial charge in [0.15, 0.2) is 0 Å². The zero-order chi connectivity index (χ0) is 13.7. The molecule has 0 saturated heterocycles. The van der Waals surface area contributed by atoms with Gasteiger partial charge in [0.25, 0.3) is 0 Å². The summed E-state index contributed by atoms with van der Waals surface area (Å²) in [7, 11) is 0. The number of nitrogens with one attached hydrogen (secondary N) is 1. The number of carbonyl (C=O) groups is 1. The molecule has 0 aliphatic carbocycles. The van der Waals surface area contributed by atoms with Crippen LogP contribution in [-0.2, 0) is 11.2 Å². The van der Waals surface area contributed by atoms with Crippen molar-refractivity contribution in [2.45, 2.75) is 12.8 Å². The fourth-order valence-corrected chi connectivity index (χ4v) is 2.24. The molecule has 0 amide bonds. The van der Waals surface area contributed by atoms with E-state index in [4.69, 9.17) is 0 Å². The minimum atomic E-state index is -0.922. The Labute approximate surface area is 113 Å². The number of hydrogen-bond acceptors (Lipinski definition) is 2. The van der Waals surface area contributed by atoms with Crippen LogP contribution in [0.15, 0.2) is 49.1 Å². The van der Waals surface area contributed by atoms with Crippen molar-refractivity contribution in [3.05, 3.63) is 60.2 Å². The zero-order valence-corrected chi connectivity index (χ0v) is 10.7. The first-order valence-corrected chi connectivity index (χ1v) is 6.33. The van der Waals surface area contributed by atoms with Gasteiger partial charge < -0.3 is 10.4 Å². The van der Waals surface area contributed by atoms with E-state index in [1.165, 1.54) is 5.56 Å². The molecule has 2 rings (SSSR count). The van der Waals surface area contributed by atoms with Crippen molar-refractivity contribution >= 4 is 17.2 Å². The number of rotatable bonds is 4. The van der Waals surface area contributed by atoms with Gasteiger partial charge in [0.1, 0.15) is 0 Å². The van der Waals surface area contributed by atoms with Gasteiger partial charge in [-0.25, -0.2) is 4.79 Å². The van der Waals surface area contributed by atoms with Crippen molar-refractivity contribution in [2.24, 2.45) is 0 Å². The van der Waals surface area contributed by atoms with Crippen molar-refractivity contribution in [1.29, 1.82) is 0 Å². The van der Waals surface area contributed by atoms with E-state index in [0.717, 1.165) is 30.6 Å². The zero-order valence-electron chi connectivity index (χ0n) is 10.7. The number of aryl methyl sites for hydroxylation is 1. The Hall–Kier alpha value is -2.29. The molecule has 2 N–H and O–H groups in total. The minimum Gasteiger partial charge on any atom is -0.478 e. The summed E-state index contributed by atoms with van der Waals surface area (Å²) in [4.78, 5) is 11.4. The number of allylic oxidation sites excluding steroid dienone is 4. The van der Waals surface area contributed by atoms with Crippen LogP contribution in [-0.4, -0.2) is 17.6 Å². The van der Waals surface area contributed by atoms with Gasteiger partial charge in [0.05, 0.1) is 5.57 Å². The van der Waals surface area contributed by atoms with Crippen LogP contribution in [0.2, 0.25) is 0 Å². The van der Waals surface area contributed by atoms with Gasteiger partial charge >= 0.3 is 5.97 Å². The molecule has 0 atom stereocenters. The van der Waals surface area contributed by atoms with Crippen LogP contribution in [0.1, 0.15) is 17.5 Å². The highest BCUT2D eigenvalue weighted by molar-refractivity contribution is 6.17. The van der Waals surface area contributed by atoms with Crippen molar-refractivity contribution in [3.8, 4) is 0 Å². The average Bonchev–Trinajstić information content (AvgIpc) is 2.43. The lowest BCUT2D eigenvalue weighted by Crippen LogP contribution is -2.14. The lowest BCUT2D eigenvalue weighted by molar-refractivity contribution is -0.130. The maximum Gasteiger partial charge on any atom is 0.336 e. The summed E-state index contributed by atoms with van der Waals surface area (Å²) < 4.78 is 0. The number of aliphatic carboxylic acids is 1. The SMILES string of the molecule is C=CC=CC=C(C(=O)O)c1cccc2c1NCCC2. The molecule has 0 fully saturated rings. The second kappa shape index (κ2) is 6.05. The number of para-hydroxylation sites is 1. The number of fused-ring (bicyclic) bond motifs is 1. The second-order valence-corrected chi connectivity index (χ2v) is 4.38. The highest BCUT2D eigenvalue weighted by Crippen LogP contribution is 2.31. The summed E-state index contributed by atoms with van der Waals surface area (Å²) >= 11 is 0. The molecule has 98 valence electrons. The van der Waals surface area contributed by atoms with Gasteiger partial charge in [-0.3, -0.25) is 0 Å². The normalized spacial score (nSPS) is 14.8. The monoisotopic (exact) mass is 255 g/mol. The largest absolute Gasteiger partial charge is 0.478 e. The Bertz CT molecular complexity index is 556. The van der Waals surface area contributed by atoms with Crippen LogP contribution >= 0.6 is 0 Å². The third-order valence-electron chi connectivity index (χ3n) is 3.11. The predicted molar refractivity (Wildman–Crippen MR) is 78.2 cm³/mol. The van der Waals surface area contributed by atoms with Crippen LogP contribution in [0, 0.1) is 0 Å². The smallest absolute Gasteiger partial charge is 0.336 e. The van der Waals surface area contributed by atoms with Crippen molar-refractivity contribution in [2.75, 3.05) is 11.9 Å². The minimum absolute atomic E-state index is 0.296. The number of benzene rings is 1. The molecule has 1 aromatic carbocycles. The van der Waals surface area contributed by atoms with E-state index in [-0.39, 0.29) is 0 Å². The molecule has 0 radical (unpaired) electrons. The van der Waals surface area contributed by atoms with Crippen molar-refractivity contribution < 1.29 is 9.90 Å². The van der Waals surface area contributed by atoms with Gasteiger partial charge in [0, 0.05) is 17.8 Å². The Morgan fingerprint density at radius 2 is 2.21 bits per heavy atom. The Balaban J connectivity index is 2.48. The first-order valence-electron chi connectivity index (χ1n) is 6.33. The van der Waals surface area contributed by atoms with Crippen LogP contribution in [0.3, 0.4) is 0 Å². The van der Waals surface area contributed by atoms with Gasteiger partial charge in [-0.05, 0) is 24.5 Å². The van der Waals surface area contributed by atoms with Gasteiger partial charge in [-0.1, -0.05) is 43.0 Å². The topological polar surface area (TPSA) is 49.3 Å². The molecule has 0 saturated carbocycles. The molecule has 3 nitrogen and oxygen atoms in total. The first kappa shape index (κ1) is 13.1. The van der Waals surface area contributed by atoms with Gasteiger partial charge in [-0.15, -0.1) is 0 Å². The van der Waals surface area contributed by atoms with Crippen LogP contribution < -0.4 is 5.32 Å². The summed E-state index contributed by atoms with van der Waals surface area (Å²) in [6, 6.07) is 5.80. The number of carboxylic acids is 1. The molecule has 0 unspecified atom stereocenters. The molecule has 1 aliphatic heterocycles. The third kappa shape index (κ3) is 2.94. The summed E-state index contributed by atoms with van der Waals surface area (Å²) in [6.45, 7) is 4.46. The number of hydrogen-bond donors (Lipinski definition) is 2. The number of carboxylic acid groups (broad SMARTS) is 1. The summed E-state index contributed by atoms with van der Waals surface area (Å²) in [6.07, 6.45) is 8.71. The molecule has 0 spiro atoms. The van der Waals surface area contributed by atoms with E-state index < -0.39 is 5.97 Å². The van der Waals surface area contributed by atoms with Crippen molar-refractivity contribution in [1.82, 2.24) is 0 Å². The predicted octanol–water partition coefficient (Wildman–Crippen LogP) is 3.25. The van der Waals surface area contributed by atoms with E-state index in [0.29, 0.717) is 5.57 Å². The Morgan fingerprint density at radius 1 is 1.37 bits per heavy atom. The van der Waals surface area contributed by atoms with Gasteiger partial charge in [0.2, 0.25) is 0 Å². The average molecular weight is 255 g/mol. The Morgan fingerprint density at radius 3 is 2.95 bits per heavy atom. The quantitative estimate of drug-likeness (QED) is 0.641. The second-order valence-electron chi connectivity index (χ2n) is 4.38. The molecule has 3 heteroatoms. The molecular formula is C16H17NO2. The van der Waals surface area contributed by atoms with E-state index in [1.54, 1.807) is 24.3 Å². The highest BCUT2D eigenvalue weighted by Gasteiger charge is 2.18. The first-order chi connectivity index (χ1) is 9.24. The number of anilines is 1. The van der Waals surface area contributed by atoms with Gasteiger partial charge in [-0.2, -0.15) is 0 Å². The van der Waals surface area contributed by atoms with E-state index in [1.807, 2.05) is 18.2 Å². The molecule has 1 aliphatic rings. The van der Waals surface area contributed by atoms with Crippen molar-refractivity contribution in [3.63, 3.8) is 0 Å². The maximum absolute atomic E-state index is 11.4. The molecule has 0 aromatic heterocycles. The molecule has 1 heterocycles. The lowest BCUT2D eigenvalue weighted by Gasteiger charge is -2.21. The van der Waals surface area contributed by atoms with E-state index >= 15 is 0 Å². The fraction of sp³-hybridized carbons (Fsp3) is 0.188. The third-order valence-corrected chi connectivity index (χ3v) is 3.11. The van der Waals surface area contributed by atoms with E-state index in [9.17, 15) is 9.90 Å². The summed E-state index contributed by atoms with van der Waals surface area (Å²) in [5.74, 6) is -0.922. The Kier molecular flexibility index (Phi) is 4.18. The molecule has 1 aromatic rings. The summed E-state index contributed by atoms with van der Waals surface area (Å²) in [5.41, 5.74) is 3.18. The summed E-state index contributed by atoms with van der Waals surface area (Å²) in [5, 5.41) is 12.7. The van der Waals surface area contributed by atoms with E-state index in [2.05, 4.69) is 11.9 Å². The molecule has 0 bridgehead atoms. The lowest BCUT2D eigenvalue weighted by atomic mass is 9.95.